The fourth-order valence-electron chi connectivity index (χ4n) is 3.00. The Morgan fingerprint density at radius 3 is 2.52 bits per heavy atom. The van der Waals surface area contributed by atoms with E-state index in [4.69, 9.17) is 9.47 Å². The van der Waals surface area contributed by atoms with Gasteiger partial charge < -0.3 is 14.4 Å². The Balaban J connectivity index is 1.49. The Bertz CT molecular complexity index is 751. The van der Waals surface area contributed by atoms with Crippen LogP contribution in [0.1, 0.15) is 33.6 Å². The number of rotatable bonds is 4. The molecule has 6 heteroatoms. The molecule has 0 spiro atoms. The standard InChI is InChI=1S/C21H27N3O3/c1-21(2,3)27-20(25)24-12-8-16(9-13-24)15-26-18-7-4-6-17(14-18)19-22-10-5-11-23-19/h4-7,10-11,14,16H,8-9,12-13,15H2,1-3H3. The molecule has 0 saturated carbocycles. The molecule has 1 aliphatic rings. The van der Waals surface area contributed by atoms with Crippen molar-refractivity contribution in [1.82, 2.24) is 14.9 Å². The molecule has 6 nitrogen and oxygen atoms in total. The van der Waals surface area contributed by atoms with Crippen LogP contribution >= 0.6 is 0 Å². The van der Waals surface area contributed by atoms with E-state index in [-0.39, 0.29) is 6.09 Å². The summed E-state index contributed by atoms with van der Waals surface area (Å²) in [5, 5.41) is 0. The number of benzene rings is 1. The molecule has 1 amide bonds. The van der Waals surface area contributed by atoms with E-state index in [0.717, 1.165) is 24.2 Å². The molecule has 0 aliphatic carbocycles. The van der Waals surface area contributed by atoms with E-state index in [2.05, 4.69) is 9.97 Å². The van der Waals surface area contributed by atoms with Crippen molar-refractivity contribution in [3.8, 4) is 17.1 Å². The van der Waals surface area contributed by atoms with Crippen LogP contribution in [0.2, 0.25) is 0 Å². The summed E-state index contributed by atoms with van der Waals surface area (Å²) in [7, 11) is 0. The lowest BCUT2D eigenvalue weighted by atomic mass is 9.98. The number of nitrogens with zero attached hydrogens (tertiary/aromatic N) is 3. The lowest BCUT2D eigenvalue weighted by molar-refractivity contribution is 0.0165. The molecule has 1 aliphatic heterocycles. The van der Waals surface area contributed by atoms with Gasteiger partial charge in [0.2, 0.25) is 0 Å². The third kappa shape index (κ3) is 5.67. The molecule has 0 atom stereocenters. The molecule has 3 rings (SSSR count). The van der Waals surface area contributed by atoms with Crippen LogP contribution in [0.4, 0.5) is 4.79 Å². The molecule has 2 heterocycles. The van der Waals surface area contributed by atoms with Crippen LogP contribution in [0.25, 0.3) is 11.4 Å². The fraction of sp³-hybridized carbons (Fsp3) is 0.476. The van der Waals surface area contributed by atoms with Crippen molar-refractivity contribution >= 4 is 6.09 Å². The molecule has 1 aromatic carbocycles. The monoisotopic (exact) mass is 369 g/mol. The van der Waals surface area contributed by atoms with Gasteiger partial charge in [0.05, 0.1) is 6.61 Å². The van der Waals surface area contributed by atoms with E-state index < -0.39 is 5.60 Å². The number of piperidine rings is 1. The number of carbonyl (C=O) groups excluding carboxylic acids is 1. The zero-order valence-electron chi connectivity index (χ0n) is 16.2. The number of ether oxygens (including phenoxy) is 2. The van der Waals surface area contributed by atoms with Gasteiger partial charge in [0.15, 0.2) is 5.82 Å². The van der Waals surface area contributed by atoms with Crippen molar-refractivity contribution in [2.45, 2.75) is 39.2 Å². The van der Waals surface area contributed by atoms with Gasteiger partial charge in [-0.1, -0.05) is 12.1 Å². The van der Waals surface area contributed by atoms with Crippen molar-refractivity contribution in [2.75, 3.05) is 19.7 Å². The minimum atomic E-state index is -0.454. The van der Waals surface area contributed by atoms with E-state index >= 15 is 0 Å². The lowest BCUT2D eigenvalue weighted by Gasteiger charge is -2.33. The van der Waals surface area contributed by atoms with E-state index in [1.165, 1.54) is 0 Å². The van der Waals surface area contributed by atoms with Gasteiger partial charge in [-0.15, -0.1) is 0 Å². The Hall–Kier alpha value is -2.63. The van der Waals surface area contributed by atoms with Crippen LogP contribution < -0.4 is 4.74 Å². The molecule has 1 aromatic heterocycles. The van der Waals surface area contributed by atoms with Gasteiger partial charge in [-0.3, -0.25) is 0 Å². The molecule has 27 heavy (non-hydrogen) atoms. The summed E-state index contributed by atoms with van der Waals surface area (Å²) in [5.41, 5.74) is 0.484. The highest BCUT2D eigenvalue weighted by Crippen LogP contribution is 2.24. The van der Waals surface area contributed by atoms with Crippen LogP contribution in [0.5, 0.6) is 5.75 Å². The highest BCUT2D eigenvalue weighted by Gasteiger charge is 2.27. The van der Waals surface area contributed by atoms with Crippen LogP contribution in [0, 0.1) is 5.92 Å². The predicted molar refractivity (Wildman–Crippen MR) is 103 cm³/mol. The molecular formula is C21H27N3O3. The molecule has 0 N–H and O–H groups in total. The van der Waals surface area contributed by atoms with Crippen molar-refractivity contribution in [3.63, 3.8) is 0 Å². The minimum absolute atomic E-state index is 0.225. The van der Waals surface area contributed by atoms with E-state index in [9.17, 15) is 4.79 Å². The predicted octanol–water partition coefficient (Wildman–Crippen LogP) is 4.17. The maximum atomic E-state index is 12.1. The van der Waals surface area contributed by atoms with Crippen molar-refractivity contribution in [3.05, 3.63) is 42.7 Å². The zero-order chi connectivity index (χ0) is 19.3. The Morgan fingerprint density at radius 2 is 1.85 bits per heavy atom. The quantitative estimate of drug-likeness (QED) is 0.809. The molecule has 144 valence electrons. The SMILES string of the molecule is CC(C)(C)OC(=O)N1CCC(COc2cccc(-c3ncccn3)c2)CC1. The maximum Gasteiger partial charge on any atom is 0.410 e. The van der Waals surface area contributed by atoms with Gasteiger partial charge in [0.1, 0.15) is 11.4 Å². The van der Waals surface area contributed by atoms with Crippen LogP contribution in [0.15, 0.2) is 42.7 Å². The van der Waals surface area contributed by atoms with E-state index in [1.54, 1.807) is 23.4 Å². The smallest absolute Gasteiger partial charge is 0.410 e. The fourth-order valence-corrected chi connectivity index (χ4v) is 3.00. The zero-order valence-corrected chi connectivity index (χ0v) is 16.2. The summed E-state index contributed by atoms with van der Waals surface area (Å²) in [6.45, 7) is 7.73. The largest absolute Gasteiger partial charge is 0.493 e. The second-order valence-electron chi connectivity index (χ2n) is 7.82. The third-order valence-corrected chi connectivity index (χ3v) is 4.41. The molecular weight excluding hydrogens is 342 g/mol. The molecule has 0 radical (unpaired) electrons. The second-order valence-corrected chi connectivity index (χ2v) is 7.82. The third-order valence-electron chi connectivity index (χ3n) is 4.41. The Kier molecular flexibility index (Phi) is 5.94. The molecule has 0 unspecified atom stereocenters. The summed E-state index contributed by atoms with van der Waals surface area (Å²) in [5.74, 6) is 1.93. The number of amides is 1. The van der Waals surface area contributed by atoms with Crippen LogP contribution in [-0.4, -0.2) is 46.3 Å². The first-order chi connectivity index (χ1) is 12.9. The molecule has 1 fully saturated rings. The van der Waals surface area contributed by atoms with Gasteiger partial charge in [-0.05, 0) is 57.7 Å². The summed E-state index contributed by atoms with van der Waals surface area (Å²) in [6, 6.07) is 9.63. The lowest BCUT2D eigenvalue weighted by Crippen LogP contribution is -2.42. The van der Waals surface area contributed by atoms with Crippen molar-refractivity contribution in [2.24, 2.45) is 5.92 Å². The molecule has 1 saturated heterocycles. The van der Waals surface area contributed by atoms with Gasteiger partial charge in [0, 0.05) is 31.0 Å². The van der Waals surface area contributed by atoms with Crippen LogP contribution in [-0.2, 0) is 4.74 Å². The first-order valence-corrected chi connectivity index (χ1v) is 9.39. The van der Waals surface area contributed by atoms with E-state index in [0.29, 0.717) is 31.4 Å². The van der Waals surface area contributed by atoms with Crippen molar-refractivity contribution < 1.29 is 14.3 Å². The van der Waals surface area contributed by atoms with Crippen molar-refractivity contribution in [1.29, 1.82) is 0 Å². The van der Waals surface area contributed by atoms with Gasteiger partial charge in [0.25, 0.3) is 0 Å². The number of carbonyl (C=O) groups is 1. The van der Waals surface area contributed by atoms with Crippen LogP contribution in [0.3, 0.4) is 0 Å². The summed E-state index contributed by atoms with van der Waals surface area (Å²) < 4.78 is 11.4. The van der Waals surface area contributed by atoms with Gasteiger partial charge in [-0.2, -0.15) is 0 Å². The van der Waals surface area contributed by atoms with Gasteiger partial charge >= 0.3 is 6.09 Å². The van der Waals surface area contributed by atoms with Gasteiger partial charge in [-0.25, -0.2) is 14.8 Å². The maximum absolute atomic E-state index is 12.1. The highest BCUT2D eigenvalue weighted by molar-refractivity contribution is 5.68. The second kappa shape index (κ2) is 8.37. The Morgan fingerprint density at radius 1 is 1.15 bits per heavy atom. The number of hydrogen-bond donors (Lipinski definition) is 0. The number of aromatic nitrogens is 2. The first-order valence-electron chi connectivity index (χ1n) is 9.39. The number of hydrogen-bond acceptors (Lipinski definition) is 5. The summed E-state index contributed by atoms with van der Waals surface area (Å²) in [4.78, 5) is 22.5. The first kappa shape index (κ1) is 19.1. The topological polar surface area (TPSA) is 64.5 Å². The Labute approximate surface area is 160 Å². The molecule has 2 aromatic rings. The number of likely N-dealkylation sites (tertiary alicyclic amines) is 1. The average molecular weight is 369 g/mol. The highest BCUT2D eigenvalue weighted by atomic mass is 16.6. The minimum Gasteiger partial charge on any atom is -0.493 e. The summed E-state index contributed by atoms with van der Waals surface area (Å²) in [6.07, 6.45) is 5.07. The average Bonchev–Trinajstić information content (AvgIpc) is 2.66. The summed E-state index contributed by atoms with van der Waals surface area (Å²) >= 11 is 0. The normalized spacial score (nSPS) is 15.4. The molecule has 0 bridgehead atoms. The van der Waals surface area contributed by atoms with E-state index in [1.807, 2.05) is 45.0 Å².